The molecule has 18 heavy (non-hydrogen) atoms. The first-order valence-electron chi connectivity index (χ1n) is 6.36. The Bertz CT molecular complexity index is 524. The highest BCUT2D eigenvalue weighted by Gasteiger charge is 2.27. The van der Waals surface area contributed by atoms with Crippen LogP contribution in [-0.2, 0) is 6.42 Å². The van der Waals surface area contributed by atoms with Crippen LogP contribution in [0, 0.1) is 5.92 Å². The zero-order chi connectivity index (χ0) is 12.4. The molecule has 2 aromatic rings. The lowest BCUT2D eigenvalue weighted by Gasteiger charge is -2.31. The third kappa shape index (κ3) is 2.12. The van der Waals surface area contributed by atoms with Gasteiger partial charge in [0.15, 0.2) is 0 Å². The van der Waals surface area contributed by atoms with E-state index in [1.807, 2.05) is 24.3 Å². The predicted molar refractivity (Wildman–Crippen MR) is 72.5 cm³/mol. The van der Waals surface area contributed by atoms with E-state index in [1.165, 1.54) is 5.56 Å². The highest BCUT2D eigenvalue weighted by atomic mass is 16.5. The molecule has 1 aliphatic rings. The van der Waals surface area contributed by atoms with Crippen molar-refractivity contribution in [2.45, 2.75) is 12.5 Å². The molecular formula is C16H17NO. The molecule has 2 atom stereocenters. The third-order valence-corrected chi connectivity index (χ3v) is 3.58. The van der Waals surface area contributed by atoms with E-state index in [1.54, 1.807) is 0 Å². The second-order valence-electron chi connectivity index (χ2n) is 4.82. The summed E-state index contributed by atoms with van der Waals surface area (Å²) in [6, 6.07) is 18.6. The number of ether oxygens (including phenoxy) is 1. The lowest BCUT2D eigenvalue weighted by molar-refractivity contribution is 0.194. The van der Waals surface area contributed by atoms with Gasteiger partial charge in [-0.15, -0.1) is 0 Å². The Morgan fingerprint density at radius 2 is 1.72 bits per heavy atom. The van der Waals surface area contributed by atoms with E-state index in [4.69, 9.17) is 10.5 Å². The molecule has 0 fully saturated rings. The van der Waals surface area contributed by atoms with Crippen molar-refractivity contribution in [2.24, 2.45) is 11.7 Å². The molecule has 2 N–H and O–H groups in total. The van der Waals surface area contributed by atoms with E-state index in [9.17, 15) is 0 Å². The van der Waals surface area contributed by atoms with Gasteiger partial charge in [0.2, 0.25) is 0 Å². The molecule has 2 aromatic carbocycles. The van der Waals surface area contributed by atoms with Crippen LogP contribution in [0.15, 0.2) is 54.6 Å². The monoisotopic (exact) mass is 239 g/mol. The lowest BCUT2D eigenvalue weighted by atomic mass is 9.87. The number of hydrogen-bond acceptors (Lipinski definition) is 2. The topological polar surface area (TPSA) is 35.2 Å². The highest BCUT2D eigenvalue weighted by molar-refractivity contribution is 5.38. The van der Waals surface area contributed by atoms with Gasteiger partial charge < -0.3 is 10.5 Å². The van der Waals surface area contributed by atoms with Crippen LogP contribution >= 0.6 is 0 Å². The van der Waals surface area contributed by atoms with Crippen LogP contribution in [0.1, 0.15) is 17.2 Å². The van der Waals surface area contributed by atoms with Gasteiger partial charge in [0.05, 0.1) is 6.61 Å². The number of fused-ring (bicyclic) bond motifs is 1. The van der Waals surface area contributed by atoms with Gasteiger partial charge in [-0.2, -0.15) is 0 Å². The first-order valence-corrected chi connectivity index (χ1v) is 6.36. The molecule has 2 heteroatoms. The summed E-state index contributed by atoms with van der Waals surface area (Å²) in [7, 11) is 0. The van der Waals surface area contributed by atoms with Crippen LogP contribution in [-0.4, -0.2) is 6.61 Å². The molecule has 0 aromatic heterocycles. The Morgan fingerprint density at radius 1 is 1.00 bits per heavy atom. The van der Waals surface area contributed by atoms with Crippen LogP contribution in [0.4, 0.5) is 0 Å². The second-order valence-corrected chi connectivity index (χ2v) is 4.82. The molecule has 0 saturated heterocycles. The van der Waals surface area contributed by atoms with Crippen LogP contribution in [0.5, 0.6) is 5.75 Å². The first-order chi connectivity index (χ1) is 8.84. The fourth-order valence-electron chi connectivity index (χ4n) is 2.54. The van der Waals surface area contributed by atoms with Crippen molar-refractivity contribution in [1.29, 1.82) is 0 Å². The maximum Gasteiger partial charge on any atom is 0.124 e. The fraction of sp³-hybridized carbons (Fsp3) is 0.250. The van der Waals surface area contributed by atoms with Gasteiger partial charge in [-0.3, -0.25) is 0 Å². The average molecular weight is 239 g/mol. The van der Waals surface area contributed by atoms with Crippen molar-refractivity contribution in [2.75, 3.05) is 6.61 Å². The molecule has 0 amide bonds. The van der Waals surface area contributed by atoms with E-state index in [0.29, 0.717) is 12.5 Å². The molecule has 3 rings (SSSR count). The lowest BCUT2D eigenvalue weighted by Crippen LogP contribution is -2.32. The molecule has 2 nitrogen and oxygen atoms in total. The van der Waals surface area contributed by atoms with Crippen LogP contribution in [0.25, 0.3) is 0 Å². The molecule has 0 aliphatic carbocycles. The molecule has 0 spiro atoms. The summed E-state index contributed by atoms with van der Waals surface area (Å²) in [6.07, 6.45) is 0.969. The second kappa shape index (κ2) is 4.83. The van der Waals surface area contributed by atoms with E-state index in [2.05, 4.69) is 30.3 Å². The van der Waals surface area contributed by atoms with Gasteiger partial charge >= 0.3 is 0 Å². The number of benzene rings is 2. The van der Waals surface area contributed by atoms with Crippen molar-refractivity contribution in [3.8, 4) is 5.75 Å². The summed E-state index contributed by atoms with van der Waals surface area (Å²) in [5.41, 5.74) is 8.81. The summed E-state index contributed by atoms with van der Waals surface area (Å²) in [5.74, 6) is 1.29. The Labute approximate surface area is 107 Å². The minimum Gasteiger partial charge on any atom is -0.493 e. The van der Waals surface area contributed by atoms with Crippen molar-refractivity contribution in [1.82, 2.24) is 0 Å². The van der Waals surface area contributed by atoms with E-state index in [-0.39, 0.29) is 6.04 Å². The number of rotatable bonds is 2. The summed E-state index contributed by atoms with van der Waals surface area (Å²) < 4.78 is 5.80. The molecule has 92 valence electrons. The Morgan fingerprint density at radius 3 is 2.56 bits per heavy atom. The van der Waals surface area contributed by atoms with Crippen LogP contribution in [0.3, 0.4) is 0 Å². The van der Waals surface area contributed by atoms with Crippen molar-refractivity contribution in [3.05, 3.63) is 65.7 Å². The maximum absolute atomic E-state index is 6.36. The highest BCUT2D eigenvalue weighted by Crippen LogP contribution is 2.34. The molecule has 0 saturated carbocycles. The predicted octanol–water partition coefficient (Wildman–Crippen LogP) is 2.94. The molecular weight excluding hydrogens is 222 g/mol. The van der Waals surface area contributed by atoms with E-state index in [0.717, 1.165) is 17.7 Å². The number of para-hydroxylation sites is 1. The van der Waals surface area contributed by atoms with Crippen molar-refractivity contribution >= 4 is 0 Å². The van der Waals surface area contributed by atoms with Crippen molar-refractivity contribution < 1.29 is 4.74 Å². The van der Waals surface area contributed by atoms with E-state index < -0.39 is 0 Å². The fourth-order valence-corrected chi connectivity index (χ4v) is 2.54. The minimum atomic E-state index is 0.0650. The SMILES string of the molecule is N[C@@H]1c2ccccc2OC[C@@H]1Cc1ccccc1. The number of nitrogens with two attached hydrogens (primary N) is 1. The quantitative estimate of drug-likeness (QED) is 0.874. The summed E-state index contributed by atoms with van der Waals surface area (Å²) in [4.78, 5) is 0. The van der Waals surface area contributed by atoms with Gasteiger partial charge in [0.1, 0.15) is 5.75 Å². The van der Waals surface area contributed by atoms with Gasteiger partial charge in [-0.05, 0) is 18.1 Å². The van der Waals surface area contributed by atoms with Gasteiger partial charge in [-0.1, -0.05) is 48.5 Å². The van der Waals surface area contributed by atoms with Gasteiger partial charge in [0, 0.05) is 17.5 Å². The van der Waals surface area contributed by atoms with Gasteiger partial charge in [0.25, 0.3) is 0 Å². The maximum atomic E-state index is 6.36. The number of hydrogen-bond donors (Lipinski definition) is 1. The van der Waals surface area contributed by atoms with E-state index >= 15 is 0 Å². The largest absolute Gasteiger partial charge is 0.493 e. The van der Waals surface area contributed by atoms with Crippen molar-refractivity contribution in [3.63, 3.8) is 0 Å². The van der Waals surface area contributed by atoms with Gasteiger partial charge in [-0.25, -0.2) is 0 Å². The zero-order valence-electron chi connectivity index (χ0n) is 10.3. The smallest absolute Gasteiger partial charge is 0.124 e. The third-order valence-electron chi connectivity index (χ3n) is 3.58. The first kappa shape index (κ1) is 11.3. The molecule has 0 unspecified atom stereocenters. The zero-order valence-corrected chi connectivity index (χ0v) is 10.3. The average Bonchev–Trinajstić information content (AvgIpc) is 2.43. The summed E-state index contributed by atoms with van der Waals surface area (Å²) in [5, 5.41) is 0. The molecule has 0 radical (unpaired) electrons. The molecule has 1 heterocycles. The minimum absolute atomic E-state index is 0.0650. The molecule has 0 bridgehead atoms. The Kier molecular flexibility index (Phi) is 3.03. The Balaban J connectivity index is 1.81. The van der Waals surface area contributed by atoms with Crippen LogP contribution < -0.4 is 10.5 Å². The molecule has 1 aliphatic heterocycles. The summed E-state index contributed by atoms with van der Waals surface area (Å²) >= 11 is 0. The Hall–Kier alpha value is -1.80. The van der Waals surface area contributed by atoms with Crippen LogP contribution in [0.2, 0.25) is 0 Å². The normalized spacial score (nSPS) is 22.1. The standard InChI is InChI=1S/C16H17NO/c17-16-13(10-12-6-2-1-3-7-12)11-18-15-9-5-4-8-14(15)16/h1-9,13,16H,10-11,17H2/t13-,16-/m0/s1. The summed E-state index contributed by atoms with van der Waals surface area (Å²) in [6.45, 7) is 0.701.